The van der Waals surface area contributed by atoms with Crippen LogP contribution >= 0.6 is 11.8 Å². The second-order valence-corrected chi connectivity index (χ2v) is 7.23. The van der Waals surface area contributed by atoms with E-state index < -0.39 is 5.97 Å². The van der Waals surface area contributed by atoms with Crippen molar-refractivity contribution in [2.24, 2.45) is 5.41 Å². The lowest BCUT2D eigenvalue weighted by atomic mass is 9.75. The number of carboxylic acid groups (broad SMARTS) is 1. The third-order valence-electron chi connectivity index (χ3n) is 4.19. The topological polar surface area (TPSA) is 68.0 Å². The molecule has 1 aromatic heterocycles. The molecule has 0 bridgehead atoms. The number of nitrogens with zero attached hydrogens (tertiary/aromatic N) is 3. The second-order valence-electron chi connectivity index (χ2n) is 6.29. The third-order valence-corrected chi connectivity index (χ3v) is 5.14. The van der Waals surface area contributed by atoms with E-state index in [4.69, 9.17) is 5.11 Å². The lowest BCUT2D eigenvalue weighted by Gasteiger charge is -2.34. The van der Waals surface area contributed by atoms with Gasteiger partial charge in [0, 0.05) is 13.0 Å². The largest absolute Gasteiger partial charge is 0.481 e. The van der Waals surface area contributed by atoms with E-state index in [1.54, 1.807) is 0 Å². The number of aliphatic carboxylic acids is 1. The minimum atomic E-state index is -0.810. The molecule has 0 atom stereocenters. The van der Waals surface area contributed by atoms with Crippen LogP contribution in [0.15, 0.2) is 5.16 Å². The summed E-state index contributed by atoms with van der Waals surface area (Å²) in [5.74, 6) is 0.230. The Morgan fingerprint density at radius 1 is 1.33 bits per heavy atom. The maximum atomic E-state index is 10.8. The van der Waals surface area contributed by atoms with Gasteiger partial charge in [-0.05, 0) is 24.7 Å². The van der Waals surface area contributed by atoms with Crippen LogP contribution in [0.3, 0.4) is 0 Å². The first-order valence-electron chi connectivity index (χ1n) is 7.81. The maximum Gasteiger partial charge on any atom is 0.313 e. The summed E-state index contributed by atoms with van der Waals surface area (Å²) in [6.07, 6.45) is 8.31. The van der Waals surface area contributed by atoms with E-state index >= 15 is 0 Å². The van der Waals surface area contributed by atoms with Crippen LogP contribution in [0.25, 0.3) is 0 Å². The lowest BCUT2D eigenvalue weighted by molar-refractivity contribution is -0.133. The van der Waals surface area contributed by atoms with Crippen molar-refractivity contribution < 1.29 is 9.90 Å². The highest BCUT2D eigenvalue weighted by atomic mass is 32.2. The van der Waals surface area contributed by atoms with Gasteiger partial charge in [-0.25, -0.2) is 0 Å². The highest BCUT2D eigenvalue weighted by Crippen LogP contribution is 2.38. The van der Waals surface area contributed by atoms with Gasteiger partial charge in [-0.15, -0.1) is 10.2 Å². The summed E-state index contributed by atoms with van der Waals surface area (Å²) in [5, 5.41) is 18.1. The van der Waals surface area contributed by atoms with E-state index in [2.05, 4.69) is 28.6 Å². The van der Waals surface area contributed by atoms with Gasteiger partial charge in [-0.2, -0.15) is 0 Å². The van der Waals surface area contributed by atoms with Crippen molar-refractivity contribution in [2.75, 3.05) is 5.75 Å². The van der Waals surface area contributed by atoms with Gasteiger partial charge >= 0.3 is 5.97 Å². The Morgan fingerprint density at radius 2 is 2.05 bits per heavy atom. The molecule has 1 saturated carbocycles. The average Bonchev–Trinajstić information content (AvgIpc) is 2.80. The number of aryl methyl sites for hydroxylation is 1. The first kappa shape index (κ1) is 16.3. The fraction of sp³-hybridized carbons (Fsp3) is 0.800. The number of carboxylic acids is 1. The van der Waals surface area contributed by atoms with Gasteiger partial charge in [0.05, 0.1) is 5.75 Å². The predicted molar refractivity (Wildman–Crippen MR) is 83.6 cm³/mol. The Balaban J connectivity index is 2.16. The fourth-order valence-electron chi connectivity index (χ4n) is 3.06. The molecule has 1 aliphatic carbocycles. The molecule has 1 fully saturated rings. The second kappa shape index (κ2) is 7.29. The number of carbonyl (C=O) groups is 1. The summed E-state index contributed by atoms with van der Waals surface area (Å²) in [5.41, 5.74) is 0.293. The molecule has 21 heavy (non-hydrogen) atoms. The highest BCUT2D eigenvalue weighted by Gasteiger charge is 2.29. The molecule has 1 heterocycles. The number of rotatable bonds is 7. The molecule has 118 valence electrons. The number of thioether (sulfide) groups is 1. The van der Waals surface area contributed by atoms with Crippen LogP contribution in [0.1, 0.15) is 58.2 Å². The molecule has 1 aliphatic rings. The van der Waals surface area contributed by atoms with Gasteiger partial charge in [-0.1, -0.05) is 44.9 Å². The first-order valence-corrected chi connectivity index (χ1v) is 8.79. The summed E-state index contributed by atoms with van der Waals surface area (Å²) in [4.78, 5) is 10.8. The Kier molecular flexibility index (Phi) is 5.67. The van der Waals surface area contributed by atoms with Crippen LogP contribution in [0.4, 0.5) is 0 Å². The van der Waals surface area contributed by atoms with Gasteiger partial charge in [0.1, 0.15) is 5.82 Å². The summed E-state index contributed by atoms with van der Waals surface area (Å²) in [7, 11) is 0. The lowest BCUT2D eigenvalue weighted by Crippen LogP contribution is -2.27. The van der Waals surface area contributed by atoms with Crippen LogP contribution < -0.4 is 0 Å². The normalized spacial score (nSPS) is 17.8. The third kappa shape index (κ3) is 4.46. The van der Waals surface area contributed by atoms with E-state index in [9.17, 15) is 4.79 Å². The summed E-state index contributed by atoms with van der Waals surface area (Å²) in [6, 6.07) is 0. The Labute approximate surface area is 130 Å². The zero-order chi connectivity index (χ0) is 15.3. The average molecular weight is 311 g/mol. The Hall–Kier alpha value is -1.04. The van der Waals surface area contributed by atoms with Crippen molar-refractivity contribution in [3.05, 3.63) is 5.82 Å². The van der Waals surface area contributed by atoms with Crippen molar-refractivity contribution in [3.8, 4) is 0 Å². The van der Waals surface area contributed by atoms with Gasteiger partial charge in [-0.3, -0.25) is 4.79 Å². The summed E-state index contributed by atoms with van der Waals surface area (Å²) >= 11 is 1.28. The van der Waals surface area contributed by atoms with Crippen LogP contribution in [0.2, 0.25) is 0 Å². The van der Waals surface area contributed by atoms with Gasteiger partial charge in [0.2, 0.25) is 0 Å². The molecule has 0 aromatic carbocycles. The molecule has 0 saturated heterocycles. The molecule has 6 heteroatoms. The highest BCUT2D eigenvalue weighted by molar-refractivity contribution is 7.99. The zero-order valence-electron chi connectivity index (χ0n) is 13.0. The van der Waals surface area contributed by atoms with Gasteiger partial charge < -0.3 is 9.67 Å². The van der Waals surface area contributed by atoms with Crippen LogP contribution in [-0.2, 0) is 17.8 Å². The van der Waals surface area contributed by atoms with Crippen molar-refractivity contribution in [2.45, 2.75) is 70.5 Å². The van der Waals surface area contributed by atoms with E-state index in [0.717, 1.165) is 30.4 Å². The molecule has 0 spiro atoms. The standard InChI is InChI=1S/C15H25N3O2S/c1-3-7-12-16-17-14(21-10-13(19)20)18(12)11-15(2)8-5-4-6-9-15/h3-11H2,1-2H3,(H,19,20). The molecule has 0 amide bonds. The minimum Gasteiger partial charge on any atom is -0.481 e. The number of hydrogen-bond donors (Lipinski definition) is 1. The van der Waals surface area contributed by atoms with E-state index in [1.807, 2.05) is 0 Å². The van der Waals surface area contributed by atoms with Crippen molar-refractivity contribution in [1.29, 1.82) is 0 Å². The van der Waals surface area contributed by atoms with Crippen LogP contribution in [0.5, 0.6) is 0 Å². The molecule has 0 radical (unpaired) electrons. The SMILES string of the molecule is CCCc1nnc(SCC(=O)O)n1CC1(C)CCCCC1. The predicted octanol–water partition coefficient (Wildman–Crippen LogP) is 3.38. The quantitative estimate of drug-likeness (QED) is 0.782. The van der Waals surface area contributed by atoms with Crippen LogP contribution in [0, 0.1) is 5.41 Å². The Morgan fingerprint density at radius 3 is 2.67 bits per heavy atom. The van der Waals surface area contributed by atoms with Crippen molar-refractivity contribution >= 4 is 17.7 Å². The minimum absolute atomic E-state index is 0.0426. The molecule has 0 unspecified atom stereocenters. The van der Waals surface area contributed by atoms with Gasteiger partial charge in [0.15, 0.2) is 5.16 Å². The van der Waals surface area contributed by atoms with E-state index in [-0.39, 0.29) is 5.75 Å². The molecule has 2 rings (SSSR count). The molecule has 5 nitrogen and oxygen atoms in total. The monoisotopic (exact) mass is 311 g/mol. The summed E-state index contributed by atoms with van der Waals surface area (Å²) < 4.78 is 2.17. The number of hydrogen-bond acceptors (Lipinski definition) is 4. The van der Waals surface area contributed by atoms with Gasteiger partial charge in [0.25, 0.3) is 0 Å². The van der Waals surface area contributed by atoms with Crippen molar-refractivity contribution in [3.63, 3.8) is 0 Å². The summed E-state index contributed by atoms with van der Waals surface area (Å²) in [6.45, 7) is 5.39. The molecule has 1 N–H and O–H groups in total. The van der Waals surface area contributed by atoms with E-state index in [0.29, 0.717) is 5.41 Å². The zero-order valence-corrected chi connectivity index (χ0v) is 13.8. The smallest absolute Gasteiger partial charge is 0.313 e. The molecule has 1 aromatic rings. The molecule has 0 aliphatic heterocycles. The van der Waals surface area contributed by atoms with Crippen molar-refractivity contribution in [1.82, 2.24) is 14.8 Å². The van der Waals surface area contributed by atoms with Crippen LogP contribution in [-0.4, -0.2) is 31.6 Å². The first-order chi connectivity index (χ1) is 10.0. The molecular weight excluding hydrogens is 286 g/mol. The Bertz CT molecular complexity index is 481. The fourth-order valence-corrected chi connectivity index (χ4v) is 3.74. The molecular formula is C15H25N3O2S. The van der Waals surface area contributed by atoms with E-state index in [1.165, 1.54) is 43.9 Å². The maximum absolute atomic E-state index is 10.8. The number of aromatic nitrogens is 3.